The van der Waals surface area contributed by atoms with Crippen LogP contribution in [0.5, 0.6) is 0 Å². The van der Waals surface area contributed by atoms with E-state index < -0.39 is 0 Å². The maximum absolute atomic E-state index is 8.75. The van der Waals surface area contributed by atoms with Crippen molar-refractivity contribution in [2.24, 2.45) is 5.92 Å². The Morgan fingerprint density at radius 2 is 1.95 bits per heavy atom. The molecule has 0 radical (unpaired) electrons. The third kappa shape index (κ3) is 5.77. The van der Waals surface area contributed by atoms with Gasteiger partial charge in [-0.25, -0.2) is 0 Å². The van der Waals surface area contributed by atoms with Crippen LogP contribution in [0.15, 0.2) is 24.3 Å². The lowest BCUT2D eigenvalue weighted by atomic mass is 10.0. The quantitative estimate of drug-likeness (QED) is 0.771. The molecule has 0 fully saturated rings. The standard InChI is InChI=1S/C18H27NO/c1-4-16(5-2)14-19(6-3)15-18-10-7-9-17(13-18)11-8-12-20/h7,9-10,13,16,20H,4-6,12,14-15H2,1-3H3. The van der Waals surface area contributed by atoms with Crippen molar-refractivity contribution in [3.63, 3.8) is 0 Å². The molecular formula is C18H27NO. The molecule has 0 heterocycles. The summed E-state index contributed by atoms with van der Waals surface area (Å²) in [5, 5.41) is 8.75. The maximum atomic E-state index is 8.75. The molecule has 0 unspecified atom stereocenters. The van der Waals surface area contributed by atoms with Crippen molar-refractivity contribution in [2.45, 2.75) is 40.2 Å². The van der Waals surface area contributed by atoms with E-state index in [9.17, 15) is 0 Å². The molecule has 0 aromatic heterocycles. The van der Waals surface area contributed by atoms with Crippen molar-refractivity contribution >= 4 is 0 Å². The average Bonchev–Trinajstić information content (AvgIpc) is 2.49. The summed E-state index contributed by atoms with van der Waals surface area (Å²) < 4.78 is 0. The van der Waals surface area contributed by atoms with Gasteiger partial charge in [-0.3, -0.25) is 4.90 Å². The number of hydrogen-bond donors (Lipinski definition) is 1. The van der Waals surface area contributed by atoms with Crippen LogP contribution in [0.3, 0.4) is 0 Å². The minimum absolute atomic E-state index is 0.0833. The lowest BCUT2D eigenvalue weighted by Crippen LogP contribution is -2.28. The van der Waals surface area contributed by atoms with Crippen molar-refractivity contribution in [3.8, 4) is 11.8 Å². The summed E-state index contributed by atoms with van der Waals surface area (Å²) in [5.74, 6) is 6.46. The predicted molar refractivity (Wildman–Crippen MR) is 85.4 cm³/mol. The third-order valence-electron chi connectivity index (χ3n) is 3.76. The van der Waals surface area contributed by atoms with Crippen LogP contribution in [0.1, 0.15) is 44.7 Å². The molecule has 1 aromatic rings. The molecule has 0 aliphatic heterocycles. The fourth-order valence-corrected chi connectivity index (χ4v) is 2.36. The van der Waals surface area contributed by atoms with E-state index in [1.54, 1.807) is 0 Å². The summed E-state index contributed by atoms with van der Waals surface area (Å²) in [6, 6.07) is 8.31. The first-order valence-corrected chi connectivity index (χ1v) is 7.64. The summed E-state index contributed by atoms with van der Waals surface area (Å²) in [7, 11) is 0. The Hall–Kier alpha value is -1.30. The van der Waals surface area contributed by atoms with Gasteiger partial charge < -0.3 is 5.11 Å². The first kappa shape index (κ1) is 16.8. The molecule has 2 heteroatoms. The van der Waals surface area contributed by atoms with Gasteiger partial charge in [0.1, 0.15) is 6.61 Å². The van der Waals surface area contributed by atoms with E-state index in [1.165, 1.54) is 18.4 Å². The van der Waals surface area contributed by atoms with Gasteiger partial charge in [0.05, 0.1) is 0 Å². The monoisotopic (exact) mass is 273 g/mol. The fourth-order valence-electron chi connectivity index (χ4n) is 2.36. The zero-order chi connectivity index (χ0) is 14.8. The second-order valence-electron chi connectivity index (χ2n) is 5.17. The smallest absolute Gasteiger partial charge is 0.104 e. The van der Waals surface area contributed by atoms with Crippen LogP contribution >= 0.6 is 0 Å². The SMILES string of the molecule is CCC(CC)CN(CC)Cc1cccc(C#CCO)c1. The van der Waals surface area contributed by atoms with Gasteiger partial charge in [-0.2, -0.15) is 0 Å². The lowest BCUT2D eigenvalue weighted by molar-refractivity contribution is 0.226. The van der Waals surface area contributed by atoms with Crippen molar-refractivity contribution in [1.29, 1.82) is 0 Å². The molecule has 110 valence electrons. The highest BCUT2D eigenvalue weighted by Gasteiger charge is 2.10. The molecule has 0 amide bonds. The van der Waals surface area contributed by atoms with Gasteiger partial charge in [-0.05, 0) is 30.2 Å². The normalized spacial score (nSPS) is 10.7. The third-order valence-corrected chi connectivity index (χ3v) is 3.76. The molecule has 1 rings (SSSR count). The summed E-state index contributed by atoms with van der Waals surface area (Å²) in [6.07, 6.45) is 2.49. The molecule has 2 nitrogen and oxygen atoms in total. The summed E-state index contributed by atoms with van der Waals surface area (Å²) in [5.41, 5.74) is 2.28. The van der Waals surface area contributed by atoms with Gasteiger partial charge in [0.25, 0.3) is 0 Å². The molecule has 0 aliphatic rings. The van der Waals surface area contributed by atoms with E-state index >= 15 is 0 Å². The minimum Gasteiger partial charge on any atom is -0.384 e. The van der Waals surface area contributed by atoms with Crippen LogP contribution in [-0.2, 0) is 6.54 Å². The number of rotatable bonds is 7. The molecule has 0 saturated heterocycles. The lowest BCUT2D eigenvalue weighted by Gasteiger charge is -2.25. The topological polar surface area (TPSA) is 23.5 Å². The number of benzene rings is 1. The van der Waals surface area contributed by atoms with Gasteiger partial charge in [0.2, 0.25) is 0 Å². The van der Waals surface area contributed by atoms with Gasteiger partial charge in [0, 0.05) is 18.7 Å². The van der Waals surface area contributed by atoms with E-state index in [1.807, 2.05) is 12.1 Å². The first-order chi connectivity index (χ1) is 9.73. The number of hydrogen-bond acceptors (Lipinski definition) is 2. The number of aliphatic hydroxyl groups is 1. The van der Waals surface area contributed by atoms with Crippen LogP contribution in [0, 0.1) is 17.8 Å². The van der Waals surface area contributed by atoms with Crippen LogP contribution in [0.2, 0.25) is 0 Å². The van der Waals surface area contributed by atoms with E-state index in [2.05, 4.69) is 49.6 Å². The molecule has 0 aliphatic carbocycles. The number of nitrogens with zero attached hydrogens (tertiary/aromatic N) is 1. The highest BCUT2D eigenvalue weighted by molar-refractivity contribution is 5.37. The molecule has 1 N–H and O–H groups in total. The molecule has 1 aromatic carbocycles. The summed E-state index contributed by atoms with van der Waals surface area (Å²) >= 11 is 0. The van der Waals surface area contributed by atoms with E-state index in [4.69, 9.17) is 5.11 Å². The van der Waals surface area contributed by atoms with Crippen molar-refractivity contribution < 1.29 is 5.11 Å². The first-order valence-electron chi connectivity index (χ1n) is 7.64. The number of aliphatic hydroxyl groups excluding tert-OH is 1. The highest BCUT2D eigenvalue weighted by Crippen LogP contribution is 2.13. The Morgan fingerprint density at radius 1 is 1.20 bits per heavy atom. The zero-order valence-corrected chi connectivity index (χ0v) is 13.0. The molecule has 0 bridgehead atoms. The molecular weight excluding hydrogens is 246 g/mol. The molecule has 0 saturated carbocycles. The molecule has 20 heavy (non-hydrogen) atoms. The minimum atomic E-state index is -0.0833. The Kier molecular flexibility index (Phi) is 8.02. The van der Waals surface area contributed by atoms with Gasteiger partial charge in [0.15, 0.2) is 0 Å². The second-order valence-corrected chi connectivity index (χ2v) is 5.17. The van der Waals surface area contributed by atoms with Crippen LogP contribution in [0.4, 0.5) is 0 Å². The van der Waals surface area contributed by atoms with E-state index in [0.29, 0.717) is 0 Å². The fraction of sp³-hybridized carbons (Fsp3) is 0.556. The summed E-state index contributed by atoms with van der Waals surface area (Å²) in [6.45, 7) is 9.89. The Balaban J connectivity index is 2.69. The molecule has 0 atom stereocenters. The Bertz CT molecular complexity index is 440. The Morgan fingerprint density at radius 3 is 2.55 bits per heavy atom. The van der Waals surface area contributed by atoms with Crippen LogP contribution in [-0.4, -0.2) is 29.7 Å². The van der Waals surface area contributed by atoms with E-state index in [0.717, 1.165) is 31.1 Å². The van der Waals surface area contributed by atoms with Crippen molar-refractivity contribution in [1.82, 2.24) is 4.90 Å². The predicted octanol–water partition coefficient (Wildman–Crippen LogP) is 3.29. The highest BCUT2D eigenvalue weighted by atomic mass is 16.2. The van der Waals surface area contributed by atoms with Gasteiger partial charge in [-0.1, -0.05) is 57.6 Å². The largest absolute Gasteiger partial charge is 0.384 e. The average molecular weight is 273 g/mol. The van der Waals surface area contributed by atoms with Crippen molar-refractivity contribution in [3.05, 3.63) is 35.4 Å². The molecule has 0 spiro atoms. The maximum Gasteiger partial charge on any atom is 0.104 e. The zero-order valence-electron chi connectivity index (χ0n) is 13.0. The Labute approximate surface area is 123 Å². The summed E-state index contributed by atoms with van der Waals surface area (Å²) in [4.78, 5) is 2.50. The van der Waals surface area contributed by atoms with E-state index in [-0.39, 0.29) is 6.61 Å². The van der Waals surface area contributed by atoms with Gasteiger partial charge in [-0.15, -0.1) is 0 Å². The van der Waals surface area contributed by atoms with Crippen LogP contribution in [0.25, 0.3) is 0 Å². The second kappa shape index (κ2) is 9.58. The van der Waals surface area contributed by atoms with Crippen LogP contribution < -0.4 is 0 Å². The van der Waals surface area contributed by atoms with Crippen molar-refractivity contribution in [2.75, 3.05) is 19.7 Å². The van der Waals surface area contributed by atoms with Gasteiger partial charge >= 0.3 is 0 Å².